The highest BCUT2D eigenvalue weighted by Crippen LogP contribution is 2.37. The number of aryl methyl sites for hydroxylation is 3. The Morgan fingerprint density at radius 1 is 1.52 bits per heavy atom. The van der Waals surface area contributed by atoms with E-state index in [4.69, 9.17) is 10.5 Å². The van der Waals surface area contributed by atoms with Gasteiger partial charge in [0, 0.05) is 12.2 Å². The molecule has 5 heteroatoms. The average Bonchev–Trinajstić information content (AvgIpc) is 3.08. The minimum absolute atomic E-state index is 0.184. The summed E-state index contributed by atoms with van der Waals surface area (Å²) < 4.78 is 6.98. The lowest BCUT2D eigenvalue weighted by molar-refractivity contribution is -0.148. The van der Waals surface area contributed by atoms with Gasteiger partial charge in [-0.15, -0.1) is 0 Å². The van der Waals surface area contributed by atoms with E-state index >= 15 is 0 Å². The number of esters is 1. The van der Waals surface area contributed by atoms with Gasteiger partial charge in [0.25, 0.3) is 0 Å². The lowest BCUT2D eigenvalue weighted by atomic mass is 9.85. The Balaban J connectivity index is 2.05. The number of ether oxygens (including phenoxy) is 1. The second-order valence-electron chi connectivity index (χ2n) is 5.97. The predicted octanol–water partition coefficient (Wildman–Crippen LogP) is 2.07. The first-order valence-corrected chi connectivity index (χ1v) is 7.98. The second-order valence-corrected chi connectivity index (χ2v) is 5.97. The van der Waals surface area contributed by atoms with Crippen molar-refractivity contribution in [1.82, 2.24) is 9.78 Å². The minimum atomic E-state index is -0.804. The van der Waals surface area contributed by atoms with Crippen molar-refractivity contribution in [2.24, 2.45) is 11.7 Å². The Hall–Kier alpha value is -1.36. The van der Waals surface area contributed by atoms with Crippen LogP contribution in [0.3, 0.4) is 0 Å². The zero-order chi connectivity index (χ0) is 15.5. The molecule has 0 aliphatic heterocycles. The van der Waals surface area contributed by atoms with Crippen LogP contribution in [0, 0.1) is 5.92 Å². The quantitative estimate of drug-likeness (QED) is 0.815. The minimum Gasteiger partial charge on any atom is -0.468 e. The van der Waals surface area contributed by atoms with Gasteiger partial charge in [0.15, 0.2) is 0 Å². The molecule has 1 saturated carbocycles. The summed E-state index contributed by atoms with van der Waals surface area (Å²) in [5.41, 5.74) is 7.90. The Morgan fingerprint density at radius 2 is 2.29 bits per heavy atom. The van der Waals surface area contributed by atoms with E-state index in [2.05, 4.69) is 29.7 Å². The fourth-order valence-corrected chi connectivity index (χ4v) is 3.41. The molecule has 0 aromatic carbocycles. The van der Waals surface area contributed by atoms with Crippen LogP contribution < -0.4 is 5.73 Å². The Bertz CT molecular complexity index is 498. The number of aromatic nitrogens is 2. The van der Waals surface area contributed by atoms with Crippen LogP contribution >= 0.6 is 0 Å². The SMILES string of the molecule is CCc1cc(CC)n(CCC2CCCC2(N)C(=O)OC)n1. The van der Waals surface area contributed by atoms with E-state index in [0.29, 0.717) is 0 Å². The normalized spacial score (nSPS) is 25.2. The number of methoxy groups -OCH3 is 1. The van der Waals surface area contributed by atoms with E-state index in [9.17, 15) is 4.79 Å². The summed E-state index contributed by atoms with van der Waals surface area (Å²) in [5.74, 6) is -0.0839. The van der Waals surface area contributed by atoms with Crippen LogP contribution in [-0.2, 0) is 28.9 Å². The molecule has 0 spiro atoms. The molecule has 0 amide bonds. The van der Waals surface area contributed by atoms with Crippen molar-refractivity contribution in [2.45, 2.75) is 64.5 Å². The number of hydrogen-bond acceptors (Lipinski definition) is 4. The lowest BCUT2D eigenvalue weighted by Gasteiger charge is -2.28. The Morgan fingerprint density at radius 3 is 2.90 bits per heavy atom. The second kappa shape index (κ2) is 6.60. The number of rotatable bonds is 6. The third-order valence-electron chi connectivity index (χ3n) is 4.76. The maximum Gasteiger partial charge on any atom is 0.326 e. The summed E-state index contributed by atoms with van der Waals surface area (Å²) in [6.07, 6.45) is 5.52. The van der Waals surface area contributed by atoms with Gasteiger partial charge in [0.2, 0.25) is 0 Å². The zero-order valence-corrected chi connectivity index (χ0v) is 13.4. The number of nitrogens with zero attached hydrogens (tertiary/aromatic N) is 2. The summed E-state index contributed by atoms with van der Waals surface area (Å²) in [5, 5.41) is 4.63. The molecule has 0 saturated heterocycles. The van der Waals surface area contributed by atoms with Crippen molar-refractivity contribution in [2.75, 3.05) is 7.11 Å². The van der Waals surface area contributed by atoms with Crippen molar-refractivity contribution in [3.63, 3.8) is 0 Å². The molecular weight excluding hydrogens is 266 g/mol. The van der Waals surface area contributed by atoms with Crippen molar-refractivity contribution in [1.29, 1.82) is 0 Å². The molecule has 0 bridgehead atoms. The van der Waals surface area contributed by atoms with Gasteiger partial charge in [-0.1, -0.05) is 20.3 Å². The van der Waals surface area contributed by atoms with E-state index in [1.54, 1.807) is 0 Å². The van der Waals surface area contributed by atoms with Gasteiger partial charge in [0.05, 0.1) is 12.8 Å². The standard InChI is InChI=1S/C16H27N3O2/c1-4-13-11-14(5-2)19(18-13)10-8-12-7-6-9-16(12,17)15(20)21-3/h11-12H,4-10,17H2,1-3H3. The molecule has 1 aromatic heterocycles. The molecule has 1 fully saturated rings. The topological polar surface area (TPSA) is 70.1 Å². The van der Waals surface area contributed by atoms with Gasteiger partial charge >= 0.3 is 5.97 Å². The van der Waals surface area contributed by atoms with Crippen molar-refractivity contribution < 1.29 is 9.53 Å². The number of carbonyl (C=O) groups is 1. The highest BCUT2D eigenvalue weighted by atomic mass is 16.5. The molecule has 0 radical (unpaired) electrons. The molecule has 1 aliphatic carbocycles. The zero-order valence-electron chi connectivity index (χ0n) is 13.4. The third kappa shape index (κ3) is 3.12. The number of hydrogen-bond donors (Lipinski definition) is 1. The van der Waals surface area contributed by atoms with E-state index in [1.165, 1.54) is 12.8 Å². The number of nitrogens with two attached hydrogens (primary N) is 1. The lowest BCUT2D eigenvalue weighted by Crippen LogP contribution is -2.51. The molecule has 5 nitrogen and oxygen atoms in total. The maximum absolute atomic E-state index is 12.0. The van der Waals surface area contributed by atoms with E-state index in [1.807, 2.05) is 0 Å². The molecule has 2 unspecified atom stereocenters. The molecule has 2 rings (SSSR count). The fourth-order valence-electron chi connectivity index (χ4n) is 3.41. The van der Waals surface area contributed by atoms with E-state index in [0.717, 1.165) is 50.8 Å². The van der Waals surface area contributed by atoms with Crippen LogP contribution in [0.2, 0.25) is 0 Å². The first-order chi connectivity index (χ1) is 10.0. The summed E-state index contributed by atoms with van der Waals surface area (Å²) in [7, 11) is 1.42. The monoisotopic (exact) mass is 293 g/mol. The summed E-state index contributed by atoms with van der Waals surface area (Å²) in [4.78, 5) is 12.0. The van der Waals surface area contributed by atoms with Crippen molar-refractivity contribution >= 4 is 5.97 Å². The molecule has 118 valence electrons. The van der Waals surface area contributed by atoms with Crippen LogP contribution in [0.25, 0.3) is 0 Å². The first-order valence-electron chi connectivity index (χ1n) is 7.98. The molecule has 21 heavy (non-hydrogen) atoms. The molecule has 1 aromatic rings. The van der Waals surface area contributed by atoms with Crippen LogP contribution in [0.5, 0.6) is 0 Å². The van der Waals surface area contributed by atoms with Gasteiger partial charge in [-0.25, -0.2) is 0 Å². The van der Waals surface area contributed by atoms with Gasteiger partial charge in [0.1, 0.15) is 5.54 Å². The third-order valence-corrected chi connectivity index (χ3v) is 4.76. The van der Waals surface area contributed by atoms with Crippen LogP contribution in [0.4, 0.5) is 0 Å². The summed E-state index contributed by atoms with van der Waals surface area (Å²) in [6, 6.07) is 2.17. The largest absolute Gasteiger partial charge is 0.468 e. The molecule has 2 atom stereocenters. The van der Waals surface area contributed by atoms with Gasteiger partial charge in [-0.3, -0.25) is 9.48 Å². The van der Waals surface area contributed by atoms with Crippen LogP contribution in [0.15, 0.2) is 6.07 Å². The van der Waals surface area contributed by atoms with E-state index < -0.39 is 5.54 Å². The van der Waals surface area contributed by atoms with Crippen molar-refractivity contribution in [3.05, 3.63) is 17.5 Å². The van der Waals surface area contributed by atoms with Crippen LogP contribution in [-0.4, -0.2) is 28.4 Å². The first kappa shape index (κ1) is 16.0. The molecule has 2 N–H and O–H groups in total. The summed E-state index contributed by atoms with van der Waals surface area (Å²) in [6.45, 7) is 5.08. The average molecular weight is 293 g/mol. The number of carbonyl (C=O) groups excluding carboxylic acids is 1. The van der Waals surface area contributed by atoms with E-state index in [-0.39, 0.29) is 11.9 Å². The fraction of sp³-hybridized carbons (Fsp3) is 0.750. The Kier molecular flexibility index (Phi) is 5.04. The van der Waals surface area contributed by atoms with Gasteiger partial charge < -0.3 is 10.5 Å². The predicted molar refractivity (Wildman–Crippen MR) is 81.9 cm³/mol. The molecule has 1 heterocycles. The van der Waals surface area contributed by atoms with Crippen LogP contribution in [0.1, 0.15) is 50.9 Å². The highest BCUT2D eigenvalue weighted by molar-refractivity contribution is 5.81. The molecule has 1 aliphatic rings. The highest BCUT2D eigenvalue weighted by Gasteiger charge is 2.46. The Labute approximate surface area is 126 Å². The van der Waals surface area contributed by atoms with Crippen molar-refractivity contribution in [3.8, 4) is 0 Å². The maximum atomic E-state index is 12.0. The van der Waals surface area contributed by atoms with Gasteiger partial charge in [-0.2, -0.15) is 5.10 Å². The molecular formula is C16H27N3O2. The summed E-state index contributed by atoms with van der Waals surface area (Å²) >= 11 is 0. The smallest absolute Gasteiger partial charge is 0.326 e. The van der Waals surface area contributed by atoms with Gasteiger partial charge in [-0.05, 0) is 44.1 Å².